The third-order valence-electron chi connectivity index (χ3n) is 2.86. The lowest BCUT2D eigenvalue weighted by molar-refractivity contribution is 0.258. The smallest absolute Gasteiger partial charge is 0.240 e. The van der Waals surface area contributed by atoms with E-state index in [1.54, 1.807) is 6.26 Å². The van der Waals surface area contributed by atoms with Crippen LogP contribution in [0, 0.1) is 6.92 Å². The predicted octanol–water partition coefficient (Wildman–Crippen LogP) is 1.80. The largest absolute Gasteiger partial charge is 0.469 e. The van der Waals surface area contributed by atoms with E-state index < -0.39 is 5.54 Å². The Morgan fingerprint density at radius 1 is 1.37 bits per heavy atom. The number of aryl methyl sites for hydroxylation is 1. The summed E-state index contributed by atoms with van der Waals surface area (Å²) in [4.78, 5) is 6.39. The summed E-state index contributed by atoms with van der Waals surface area (Å²) in [5.74, 6) is 2.02. The molecule has 0 aliphatic rings. The van der Waals surface area contributed by atoms with Crippen LogP contribution in [-0.2, 0) is 18.6 Å². The molecule has 6 nitrogen and oxygen atoms in total. The van der Waals surface area contributed by atoms with Crippen molar-refractivity contribution in [1.29, 1.82) is 0 Å². The van der Waals surface area contributed by atoms with E-state index in [9.17, 15) is 0 Å². The fraction of sp³-hybridized carbons (Fsp3) is 0.538. The number of aromatic nitrogens is 2. The van der Waals surface area contributed by atoms with Crippen LogP contribution in [0.1, 0.15) is 36.9 Å². The van der Waals surface area contributed by atoms with Crippen molar-refractivity contribution < 1.29 is 8.94 Å². The van der Waals surface area contributed by atoms with Gasteiger partial charge < -0.3 is 14.7 Å². The van der Waals surface area contributed by atoms with Crippen LogP contribution in [0.2, 0.25) is 0 Å². The van der Waals surface area contributed by atoms with Crippen LogP contribution in [0.15, 0.2) is 21.3 Å². The first-order valence-corrected chi connectivity index (χ1v) is 6.19. The van der Waals surface area contributed by atoms with Crippen LogP contribution >= 0.6 is 0 Å². The highest BCUT2D eigenvalue weighted by molar-refractivity contribution is 5.15. The summed E-state index contributed by atoms with van der Waals surface area (Å²) in [5, 5.41) is 3.90. The van der Waals surface area contributed by atoms with Crippen LogP contribution < -0.4 is 5.73 Å². The van der Waals surface area contributed by atoms with Gasteiger partial charge in [0, 0.05) is 12.1 Å². The molecule has 0 radical (unpaired) electrons. The number of nitrogens with zero attached hydrogens (tertiary/aromatic N) is 3. The molecule has 2 aromatic rings. The average molecular weight is 264 g/mol. The van der Waals surface area contributed by atoms with Gasteiger partial charge in [-0.05, 0) is 33.9 Å². The molecule has 2 aromatic heterocycles. The zero-order valence-corrected chi connectivity index (χ0v) is 11.8. The summed E-state index contributed by atoms with van der Waals surface area (Å²) in [5.41, 5.74) is 6.49. The van der Waals surface area contributed by atoms with Crippen LogP contribution in [0.4, 0.5) is 0 Å². The summed E-state index contributed by atoms with van der Waals surface area (Å²) in [6, 6.07) is 1.97. The molecule has 0 aromatic carbocycles. The first kappa shape index (κ1) is 13.8. The fourth-order valence-electron chi connectivity index (χ4n) is 1.73. The van der Waals surface area contributed by atoms with Gasteiger partial charge in [-0.25, -0.2) is 0 Å². The number of hydrogen-bond donors (Lipinski definition) is 1. The summed E-state index contributed by atoms with van der Waals surface area (Å²) in [6.07, 6.45) is 1.69. The van der Waals surface area contributed by atoms with E-state index >= 15 is 0 Å². The number of hydrogen-bond acceptors (Lipinski definition) is 6. The molecule has 2 rings (SSSR count). The highest BCUT2D eigenvalue weighted by atomic mass is 16.5. The Bertz CT molecular complexity index is 539. The molecule has 0 fully saturated rings. The van der Waals surface area contributed by atoms with Gasteiger partial charge in [-0.2, -0.15) is 4.98 Å². The predicted molar refractivity (Wildman–Crippen MR) is 70.1 cm³/mol. The van der Waals surface area contributed by atoms with Gasteiger partial charge in [0.2, 0.25) is 5.89 Å². The number of furan rings is 1. The molecule has 2 N–H and O–H groups in total. The van der Waals surface area contributed by atoms with Gasteiger partial charge in [-0.1, -0.05) is 5.16 Å². The third-order valence-corrected chi connectivity index (χ3v) is 2.86. The summed E-state index contributed by atoms with van der Waals surface area (Å²) < 4.78 is 10.5. The summed E-state index contributed by atoms with van der Waals surface area (Å²) >= 11 is 0. The maximum Gasteiger partial charge on any atom is 0.240 e. The van der Waals surface area contributed by atoms with E-state index in [0.717, 1.165) is 17.9 Å². The molecule has 2 heterocycles. The maximum absolute atomic E-state index is 5.92. The van der Waals surface area contributed by atoms with Gasteiger partial charge >= 0.3 is 0 Å². The van der Waals surface area contributed by atoms with Gasteiger partial charge in [-0.15, -0.1) is 0 Å². The van der Waals surface area contributed by atoms with Crippen molar-refractivity contribution >= 4 is 0 Å². The Hall–Kier alpha value is -1.66. The molecular formula is C13H20N4O2. The zero-order valence-electron chi connectivity index (χ0n) is 11.8. The van der Waals surface area contributed by atoms with Crippen molar-refractivity contribution in [3.63, 3.8) is 0 Å². The second-order valence-corrected chi connectivity index (χ2v) is 5.41. The Balaban J connectivity index is 1.98. The molecule has 0 saturated carbocycles. The molecule has 0 amide bonds. The lowest BCUT2D eigenvalue weighted by Gasteiger charge is -2.13. The van der Waals surface area contributed by atoms with E-state index in [2.05, 4.69) is 15.0 Å². The Morgan fingerprint density at radius 2 is 2.11 bits per heavy atom. The highest BCUT2D eigenvalue weighted by Crippen LogP contribution is 2.15. The van der Waals surface area contributed by atoms with E-state index in [1.807, 2.05) is 33.9 Å². The normalized spacial score (nSPS) is 12.3. The van der Waals surface area contributed by atoms with Crippen molar-refractivity contribution in [3.8, 4) is 0 Å². The molecule has 0 spiro atoms. The van der Waals surface area contributed by atoms with Gasteiger partial charge in [0.1, 0.15) is 5.76 Å². The molecule has 0 unspecified atom stereocenters. The molecule has 0 saturated heterocycles. The van der Waals surface area contributed by atoms with Gasteiger partial charge in [0.05, 0.1) is 18.3 Å². The average Bonchev–Trinajstić information content (AvgIpc) is 2.88. The van der Waals surface area contributed by atoms with Crippen molar-refractivity contribution in [3.05, 3.63) is 35.4 Å². The van der Waals surface area contributed by atoms with Crippen molar-refractivity contribution in [2.75, 3.05) is 7.05 Å². The van der Waals surface area contributed by atoms with Gasteiger partial charge in [0.15, 0.2) is 5.82 Å². The second-order valence-electron chi connectivity index (χ2n) is 5.41. The minimum atomic E-state index is -0.582. The highest BCUT2D eigenvalue weighted by Gasteiger charge is 2.21. The first-order valence-electron chi connectivity index (χ1n) is 6.19. The minimum absolute atomic E-state index is 0.524. The second kappa shape index (κ2) is 5.14. The molecule has 0 aliphatic heterocycles. The monoisotopic (exact) mass is 264 g/mol. The van der Waals surface area contributed by atoms with Crippen LogP contribution in [0.5, 0.6) is 0 Å². The fourth-order valence-corrected chi connectivity index (χ4v) is 1.73. The van der Waals surface area contributed by atoms with Crippen molar-refractivity contribution in [2.24, 2.45) is 5.73 Å². The zero-order chi connectivity index (χ0) is 14.0. The molecule has 0 atom stereocenters. The summed E-state index contributed by atoms with van der Waals surface area (Å²) in [6.45, 7) is 6.99. The van der Waals surface area contributed by atoms with E-state index in [1.165, 1.54) is 0 Å². The standard InChI is InChI=1S/C13H20N4O2/c1-9-10(5-6-18-9)7-17(4)8-11-15-12(16-19-11)13(2,3)14/h5-6H,7-8,14H2,1-4H3. The van der Waals surface area contributed by atoms with Gasteiger partial charge in [-0.3, -0.25) is 4.90 Å². The molecule has 104 valence electrons. The Labute approximate surface area is 112 Å². The Morgan fingerprint density at radius 3 is 2.63 bits per heavy atom. The third kappa shape index (κ3) is 3.42. The number of nitrogens with two attached hydrogens (primary N) is 1. The lowest BCUT2D eigenvalue weighted by Crippen LogP contribution is -2.30. The molecular weight excluding hydrogens is 244 g/mol. The molecule has 0 aliphatic carbocycles. The minimum Gasteiger partial charge on any atom is -0.469 e. The van der Waals surface area contributed by atoms with E-state index in [4.69, 9.17) is 14.7 Å². The molecule has 19 heavy (non-hydrogen) atoms. The van der Waals surface area contributed by atoms with Crippen LogP contribution in [0.25, 0.3) is 0 Å². The quantitative estimate of drug-likeness (QED) is 0.886. The van der Waals surface area contributed by atoms with E-state index in [-0.39, 0.29) is 0 Å². The number of rotatable bonds is 5. The van der Waals surface area contributed by atoms with Crippen molar-refractivity contribution in [2.45, 2.75) is 39.4 Å². The van der Waals surface area contributed by atoms with E-state index in [0.29, 0.717) is 18.3 Å². The van der Waals surface area contributed by atoms with Gasteiger partial charge in [0.25, 0.3) is 0 Å². The maximum atomic E-state index is 5.92. The Kier molecular flexibility index (Phi) is 3.73. The summed E-state index contributed by atoms with van der Waals surface area (Å²) in [7, 11) is 1.99. The van der Waals surface area contributed by atoms with Crippen LogP contribution in [-0.4, -0.2) is 22.1 Å². The topological polar surface area (TPSA) is 81.3 Å². The molecule has 6 heteroatoms. The molecule has 0 bridgehead atoms. The first-order chi connectivity index (χ1) is 8.86. The lowest BCUT2D eigenvalue weighted by atomic mass is 10.1. The van der Waals surface area contributed by atoms with Crippen molar-refractivity contribution in [1.82, 2.24) is 15.0 Å². The SMILES string of the molecule is Cc1occc1CN(C)Cc1nc(C(C)(C)N)no1. The van der Waals surface area contributed by atoms with Crippen LogP contribution in [0.3, 0.4) is 0 Å².